The number of carbonyl (C=O) groups excluding carboxylic acids is 2. The maximum absolute atomic E-state index is 13.7. The number of benzene rings is 2. The second kappa shape index (κ2) is 9.94. The number of fused-ring (bicyclic) bond motifs is 1. The number of hydrogen-bond acceptors (Lipinski definition) is 4. The molecule has 0 bridgehead atoms. The van der Waals surface area contributed by atoms with E-state index in [0.29, 0.717) is 50.0 Å². The summed E-state index contributed by atoms with van der Waals surface area (Å²) in [6, 6.07) is 10.8. The summed E-state index contributed by atoms with van der Waals surface area (Å²) >= 11 is 0. The van der Waals surface area contributed by atoms with E-state index in [1.165, 1.54) is 12.1 Å². The van der Waals surface area contributed by atoms with Gasteiger partial charge in [0, 0.05) is 18.8 Å². The highest BCUT2D eigenvalue weighted by Gasteiger charge is 2.32. The molecule has 0 saturated heterocycles. The molecule has 2 aromatic carbocycles. The van der Waals surface area contributed by atoms with Crippen molar-refractivity contribution in [2.45, 2.75) is 38.3 Å². The van der Waals surface area contributed by atoms with Gasteiger partial charge in [-0.2, -0.15) is 0 Å². The Morgan fingerprint density at radius 2 is 1.88 bits per heavy atom. The molecule has 9 heteroatoms. The van der Waals surface area contributed by atoms with Crippen LogP contribution < -0.4 is 10.6 Å². The first-order valence-corrected chi connectivity index (χ1v) is 11.1. The van der Waals surface area contributed by atoms with E-state index < -0.39 is 35.9 Å². The number of rotatable bonds is 4. The number of carboxylic acid groups (broad SMARTS) is 1. The Kier molecular flexibility index (Phi) is 6.81. The van der Waals surface area contributed by atoms with Gasteiger partial charge in [0.1, 0.15) is 11.9 Å². The summed E-state index contributed by atoms with van der Waals surface area (Å²) in [5.74, 6) is -1.84. The Bertz CT molecular complexity index is 1140. The minimum absolute atomic E-state index is 0.0891. The molecular formula is C25H26FN3O5. The molecule has 1 heterocycles. The highest BCUT2D eigenvalue weighted by molar-refractivity contribution is 5.99. The van der Waals surface area contributed by atoms with Crippen molar-refractivity contribution in [2.24, 2.45) is 5.92 Å². The number of ether oxygens (including phenoxy) is 1. The molecule has 1 aliphatic carbocycles. The Balaban J connectivity index is 1.32. The van der Waals surface area contributed by atoms with Gasteiger partial charge < -0.3 is 25.4 Å². The maximum atomic E-state index is 13.7. The van der Waals surface area contributed by atoms with E-state index in [-0.39, 0.29) is 5.69 Å². The number of para-hydroxylation sites is 1. The predicted octanol–water partition coefficient (Wildman–Crippen LogP) is 4.77. The standard InChI is InChI=1S/C25H26FN3O5/c1-15-12-17(23(30)31)7-9-22(15)34-25(33)29-11-10-16-13-19(8-6-18(16)14-29)27-24(32)28-21-5-3-2-4-20(21)26/h2-6,8,13,17,22H,1,7,9-12,14H2,(H,30,31)(H2,27,28,32). The SMILES string of the molecule is C=C1CC(C(=O)O)CCC1OC(=O)N1CCc2cc(NC(=O)Nc3ccccc3F)ccc2C1. The Morgan fingerprint density at radius 3 is 2.62 bits per heavy atom. The number of halogens is 1. The minimum Gasteiger partial charge on any atom is -0.481 e. The summed E-state index contributed by atoms with van der Waals surface area (Å²) in [5, 5.41) is 14.3. The molecule has 3 N–H and O–H groups in total. The predicted molar refractivity (Wildman–Crippen MR) is 124 cm³/mol. The average molecular weight is 467 g/mol. The third-order valence-electron chi connectivity index (χ3n) is 6.19. The molecule has 3 amide bonds. The zero-order valence-corrected chi connectivity index (χ0v) is 18.6. The summed E-state index contributed by atoms with van der Waals surface area (Å²) in [4.78, 5) is 37.7. The first-order chi connectivity index (χ1) is 16.3. The molecule has 0 spiro atoms. The van der Waals surface area contributed by atoms with Gasteiger partial charge >= 0.3 is 18.1 Å². The van der Waals surface area contributed by atoms with Gasteiger partial charge in [-0.05, 0) is 66.6 Å². The van der Waals surface area contributed by atoms with Crippen LogP contribution in [0.3, 0.4) is 0 Å². The van der Waals surface area contributed by atoms with Crippen LogP contribution in [0.4, 0.5) is 25.4 Å². The topological polar surface area (TPSA) is 108 Å². The third kappa shape index (κ3) is 5.36. The molecular weight excluding hydrogens is 441 g/mol. The zero-order chi connectivity index (χ0) is 24.2. The van der Waals surface area contributed by atoms with E-state index in [1.807, 2.05) is 12.1 Å². The molecule has 2 aromatic rings. The first kappa shape index (κ1) is 23.3. The van der Waals surface area contributed by atoms with Crippen LogP contribution in [0.2, 0.25) is 0 Å². The number of nitrogens with zero attached hydrogens (tertiary/aromatic N) is 1. The van der Waals surface area contributed by atoms with Crippen LogP contribution in [-0.2, 0) is 22.5 Å². The van der Waals surface area contributed by atoms with Crippen molar-refractivity contribution in [3.63, 3.8) is 0 Å². The summed E-state index contributed by atoms with van der Waals surface area (Å²) in [7, 11) is 0. The van der Waals surface area contributed by atoms with E-state index in [0.717, 1.165) is 11.1 Å². The molecule has 0 aromatic heterocycles. The van der Waals surface area contributed by atoms with E-state index >= 15 is 0 Å². The van der Waals surface area contributed by atoms with Gasteiger partial charge in [0.2, 0.25) is 0 Å². The fourth-order valence-electron chi connectivity index (χ4n) is 4.29. The van der Waals surface area contributed by atoms with Crippen LogP contribution in [0.15, 0.2) is 54.6 Å². The van der Waals surface area contributed by atoms with E-state index in [1.54, 1.807) is 23.1 Å². The van der Waals surface area contributed by atoms with Gasteiger partial charge in [0.05, 0.1) is 11.6 Å². The van der Waals surface area contributed by atoms with Crippen molar-refractivity contribution in [2.75, 3.05) is 17.2 Å². The fourth-order valence-corrected chi connectivity index (χ4v) is 4.29. The molecule has 2 atom stereocenters. The van der Waals surface area contributed by atoms with Gasteiger partial charge in [-0.25, -0.2) is 14.0 Å². The molecule has 2 aliphatic rings. The number of anilines is 2. The van der Waals surface area contributed by atoms with Gasteiger partial charge in [-0.3, -0.25) is 4.79 Å². The maximum Gasteiger partial charge on any atom is 0.410 e. The van der Waals surface area contributed by atoms with Gasteiger partial charge in [0.25, 0.3) is 0 Å². The summed E-state index contributed by atoms with van der Waals surface area (Å²) in [5.41, 5.74) is 3.23. The molecule has 1 saturated carbocycles. The summed E-state index contributed by atoms with van der Waals surface area (Å²) in [6.45, 7) is 4.73. The van der Waals surface area contributed by atoms with Crippen LogP contribution in [0, 0.1) is 11.7 Å². The average Bonchev–Trinajstić information content (AvgIpc) is 2.81. The number of carboxylic acids is 1. The highest BCUT2D eigenvalue weighted by atomic mass is 19.1. The van der Waals surface area contributed by atoms with E-state index in [9.17, 15) is 18.8 Å². The van der Waals surface area contributed by atoms with Crippen molar-refractivity contribution in [3.8, 4) is 0 Å². The Labute approximate surface area is 196 Å². The number of aliphatic carboxylic acids is 1. The second-order valence-electron chi connectivity index (χ2n) is 8.56. The number of hydrogen-bond donors (Lipinski definition) is 3. The van der Waals surface area contributed by atoms with Crippen molar-refractivity contribution < 1.29 is 28.6 Å². The van der Waals surface area contributed by atoms with Crippen LogP contribution in [-0.4, -0.2) is 40.7 Å². The quantitative estimate of drug-likeness (QED) is 0.561. The van der Waals surface area contributed by atoms with Crippen molar-refractivity contribution in [1.82, 2.24) is 4.90 Å². The first-order valence-electron chi connectivity index (χ1n) is 11.1. The summed E-state index contributed by atoms with van der Waals surface area (Å²) < 4.78 is 19.3. The van der Waals surface area contributed by atoms with Crippen LogP contribution in [0.1, 0.15) is 30.4 Å². The molecule has 34 heavy (non-hydrogen) atoms. The lowest BCUT2D eigenvalue weighted by molar-refractivity contribution is -0.142. The molecule has 1 aliphatic heterocycles. The van der Waals surface area contributed by atoms with Crippen molar-refractivity contribution in [3.05, 3.63) is 71.6 Å². The monoisotopic (exact) mass is 467 g/mol. The normalized spacial score (nSPS) is 19.7. The van der Waals surface area contributed by atoms with Gasteiger partial charge in [-0.1, -0.05) is 24.8 Å². The Morgan fingerprint density at radius 1 is 1.09 bits per heavy atom. The van der Waals surface area contributed by atoms with Crippen LogP contribution in [0.5, 0.6) is 0 Å². The zero-order valence-electron chi connectivity index (χ0n) is 18.6. The number of nitrogens with one attached hydrogen (secondary N) is 2. The van der Waals surface area contributed by atoms with Gasteiger partial charge in [0.15, 0.2) is 0 Å². The number of amides is 3. The number of carbonyl (C=O) groups is 3. The lowest BCUT2D eigenvalue weighted by Crippen LogP contribution is -2.39. The fraction of sp³-hybridized carbons (Fsp3) is 0.320. The smallest absolute Gasteiger partial charge is 0.410 e. The van der Waals surface area contributed by atoms with Crippen molar-refractivity contribution in [1.29, 1.82) is 0 Å². The highest BCUT2D eigenvalue weighted by Crippen LogP contribution is 2.31. The van der Waals surface area contributed by atoms with Crippen molar-refractivity contribution >= 4 is 29.5 Å². The second-order valence-corrected chi connectivity index (χ2v) is 8.56. The lowest BCUT2D eigenvalue weighted by atomic mass is 9.84. The molecule has 8 nitrogen and oxygen atoms in total. The van der Waals surface area contributed by atoms with Crippen LogP contribution >= 0.6 is 0 Å². The van der Waals surface area contributed by atoms with Crippen LogP contribution in [0.25, 0.3) is 0 Å². The molecule has 2 unspecified atom stereocenters. The molecule has 0 radical (unpaired) electrons. The molecule has 4 rings (SSSR count). The lowest BCUT2D eigenvalue weighted by Gasteiger charge is -2.33. The third-order valence-corrected chi connectivity index (χ3v) is 6.19. The van der Waals surface area contributed by atoms with E-state index in [2.05, 4.69) is 17.2 Å². The minimum atomic E-state index is -0.850. The molecule has 1 fully saturated rings. The number of urea groups is 1. The Hall–Kier alpha value is -3.88. The van der Waals surface area contributed by atoms with Gasteiger partial charge in [-0.15, -0.1) is 0 Å². The van der Waals surface area contributed by atoms with E-state index in [4.69, 9.17) is 9.84 Å². The molecule has 178 valence electrons. The summed E-state index contributed by atoms with van der Waals surface area (Å²) in [6.07, 6.45) is 0.893. The largest absolute Gasteiger partial charge is 0.481 e.